The Morgan fingerprint density at radius 1 is 1.44 bits per heavy atom. The van der Waals surface area contributed by atoms with Crippen molar-refractivity contribution in [2.24, 2.45) is 0 Å². The zero-order valence-corrected chi connectivity index (χ0v) is 11.7. The fourth-order valence-corrected chi connectivity index (χ4v) is 2.61. The summed E-state index contributed by atoms with van der Waals surface area (Å²) < 4.78 is 18.9. The summed E-state index contributed by atoms with van der Waals surface area (Å²) in [6.45, 7) is 4.19. The number of morpholine rings is 1. The maximum Gasteiger partial charge on any atom is 0.123 e. The fourth-order valence-electron chi connectivity index (χ4n) is 2.26. The Balaban J connectivity index is 2.06. The van der Waals surface area contributed by atoms with Crippen LogP contribution in [-0.2, 0) is 11.3 Å². The zero-order valence-electron chi connectivity index (χ0n) is 10.2. The van der Waals surface area contributed by atoms with E-state index < -0.39 is 0 Å². The van der Waals surface area contributed by atoms with E-state index in [1.165, 1.54) is 12.1 Å². The molecule has 1 saturated heterocycles. The Morgan fingerprint density at radius 2 is 2.22 bits per heavy atom. The highest BCUT2D eigenvalue weighted by atomic mass is 35.5. The first-order chi connectivity index (χ1) is 8.58. The number of nitrogens with zero attached hydrogens (tertiary/aromatic N) is 1. The summed E-state index contributed by atoms with van der Waals surface area (Å²) in [7, 11) is 0. The summed E-state index contributed by atoms with van der Waals surface area (Å²) in [6.07, 6.45) is 0.164. The van der Waals surface area contributed by atoms with Gasteiger partial charge in [-0.05, 0) is 30.7 Å². The second kappa shape index (κ2) is 6.20. The molecule has 0 saturated carbocycles. The van der Waals surface area contributed by atoms with Crippen LogP contribution in [0.15, 0.2) is 18.2 Å². The van der Waals surface area contributed by atoms with E-state index in [9.17, 15) is 4.39 Å². The summed E-state index contributed by atoms with van der Waals surface area (Å²) in [5, 5.41) is 0.595. The minimum atomic E-state index is -0.260. The fraction of sp³-hybridized carbons (Fsp3) is 0.538. The SMILES string of the molecule is CC1CN(Cc2cc(F)ccc2Cl)CC(CCl)O1. The molecule has 0 bridgehead atoms. The van der Waals surface area contributed by atoms with Crippen molar-refractivity contribution in [3.05, 3.63) is 34.6 Å². The minimum Gasteiger partial charge on any atom is -0.371 e. The molecule has 2 rings (SSSR count). The molecule has 100 valence electrons. The van der Waals surface area contributed by atoms with Gasteiger partial charge in [-0.2, -0.15) is 0 Å². The van der Waals surface area contributed by atoms with Crippen molar-refractivity contribution >= 4 is 23.2 Å². The third-order valence-corrected chi connectivity index (χ3v) is 3.69. The highest BCUT2D eigenvalue weighted by Gasteiger charge is 2.25. The van der Waals surface area contributed by atoms with Crippen molar-refractivity contribution in [3.8, 4) is 0 Å². The summed E-state index contributed by atoms with van der Waals surface area (Å²) in [6, 6.07) is 4.45. The largest absolute Gasteiger partial charge is 0.371 e. The minimum absolute atomic E-state index is 0.0303. The van der Waals surface area contributed by atoms with Crippen LogP contribution in [0.1, 0.15) is 12.5 Å². The monoisotopic (exact) mass is 291 g/mol. The summed E-state index contributed by atoms with van der Waals surface area (Å²) in [5.41, 5.74) is 0.805. The number of benzene rings is 1. The van der Waals surface area contributed by atoms with E-state index in [1.54, 1.807) is 6.07 Å². The molecule has 1 aromatic rings. The van der Waals surface area contributed by atoms with E-state index >= 15 is 0 Å². The second-order valence-electron chi connectivity index (χ2n) is 4.65. The van der Waals surface area contributed by atoms with E-state index in [0.29, 0.717) is 17.4 Å². The van der Waals surface area contributed by atoms with Crippen molar-refractivity contribution in [2.45, 2.75) is 25.7 Å². The second-order valence-corrected chi connectivity index (χ2v) is 5.37. The van der Waals surface area contributed by atoms with Crippen LogP contribution in [-0.4, -0.2) is 36.1 Å². The van der Waals surface area contributed by atoms with E-state index in [4.69, 9.17) is 27.9 Å². The van der Waals surface area contributed by atoms with E-state index in [2.05, 4.69) is 4.90 Å². The van der Waals surface area contributed by atoms with E-state index in [-0.39, 0.29) is 18.0 Å². The highest BCUT2D eigenvalue weighted by molar-refractivity contribution is 6.31. The van der Waals surface area contributed by atoms with Crippen LogP contribution in [0.4, 0.5) is 4.39 Å². The van der Waals surface area contributed by atoms with Gasteiger partial charge in [0.15, 0.2) is 0 Å². The molecule has 18 heavy (non-hydrogen) atoms. The van der Waals surface area contributed by atoms with Gasteiger partial charge in [-0.1, -0.05) is 11.6 Å². The molecule has 1 fully saturated rings. The molecule has 0 radical (unpaired) electrons. The van der Waals surface area contributed by atoms with Gasteiger partial charge in [-0.25, -0.2) is 4.39 Å². The first kappa shape index (κ1) is 14.1. The predicted octanol–water partition coefficient (Wildman–Crippen LogP) is 3.31. The number of alkyl halides is 1. The average molecular weight is 292 g/mol. The molecule has 0 spiro atoms. The van der Waals surface area contributed by atoms with Crippen LogP contribution in [0.25, 0.3) is 0 Å². The van der Waals surface area contributed by atoms with Gasteiger partial charge in [-0.3, -0.25) is 4.90 Å². The molecule has 1 aliphatic heterocycles. The maximum absolute atomic E-state index is 13.2. The molecule has 0 amide bonds. The Labute approximate surface area is 117 Å². The molecule has 0 aliphatic carbocycles. The zero-order chi connectivity index (χ0) is 13.1. The van der Waals surface area contributed by atoms with Crippen LogP contribution < -0.4 is 0 Å². The summed E-state index contributed by atoms with van der Waals surface area (Å²) in [4.78, 5) is 2.20. The lowest BCUT2D eigenvalue weighted by molar-refractivity contribution is -0.0688. The van der Waals surface area contributed by atoms with Crippen molar-refractivity contribution in [1.29, 1.82) is 0 Å². The molecular formula is C13H16Cl2FNO. The molecule has 0 aromatic heterocycles. The Bertz CT molecular complexity index is 416. The van der Waals surface area contributed by atoms with Crippen LogP contribution in [0.5, 0.6) is 0 Å². The predicted molar refractivity (Wildman–Crippen MR) is 71.7 cm³/mol. The van der Waals surface area contributed by atoms with Gasteiger partial charge in [-0.15, -0.1) is 11.6 Å². The molecule has 2 nitrogen and oxygen atoms in total. The molecule has 2 atom stereocenters. The lowest BCUT2D eigenvalue weighted by Gasteiger charge is -2.36. The molecular weight excluding hydrogens is 276 g/mol. The maximum atomic E-state index is 13.2. The Morgan fingerprint density at radius 3 is 2.94 bits per heavy atom. The molecule has 1 heterocycles. The topological polar surface area (TPSA) is 12.5 Å². The smallest absolute Gasteiger partial charge is 0.123 e. The number of halogens is 3. The molecule has 0 N–H and O–H groups in total. The Hall–Kier alpha value is -0.350. The highest BCUT2D eigenvalue weighted by Crippen LogP contribution is 2.21. The summed E-state index contributed by atoms with van der Waals surface area (Å²) >= 11 is 11.9. The lowest BCUT2D eigenvalue weighted by Crippen LogP contribution is -2.46. The van der Waals surface area contributed by atoms with Crippen molar-refractivity contribution in [2.75, 3.05) is 19.0 Å². The number of hydrogen-bond donors (Lipinski definition) is 0. The van der Waals surface area contributed by atoms with E-state index in [0.717, 1.165) is 18.7 Å². The first-order valence-corrected chi connectivity index (χ1v) is 6.87. The quantitative estimate of drug-likeness (QED) is 0.793. The van der Waals surface area contributed by atoms with Gasteiger partial charge in [0, 0.05) is 30.5 Å². The molecule has 1 aliphatic rings. The van der Waals surface area contributed by atoms with Crippen LogP contribution in [0, 0.1) is 5.82 Å². The van der Waals surface area contributed by atoms with E-state index in [1.807, 2.05) is 6.92 Å². The number of rotatable bonds is 3. The molecule has 1 aromatic carbocycles. The van der Waals surface area contributed by atoms with Gasteiger partial charge < -0.3 is 4.74 Å². The van der Waals surface area contributed by atoms with Crippen LogP contribution >= 0.6 is 23.2 Å². The van der Waals surface area contributed by atoms with Gasteiger partial charge in [0.05, 0.1) is 12.2 Å². The Kier molecular flexibility index (Phi) is 4.84. The average Bonchev–Trinajstić information content (AvgIpc) is 2.33. The van der Waals surface area contributed by atoms with Crippen LogP contribution in [0.3, 0.4) is 0 Å². The van der Waals surface area contributed by atoms with Gasteiger partial charge in [0.2, 0.25) is 0 Å². The number of ether oxygens (including phenoxy) is 1. The third kappa shape index (κ3) is 3.58. The molecule has 2 unspecified atom stereocenters. The van der Waals surface area contributed by atoms with Gasteiger partial charge in [0.1, 0.15) is 5.82 Å². The van der Waals surface area contributed by atoms with Gasteiger partial charge in [0.25, 0.3) is 0 Å². The standard InChI is InChI=1S/C13H16Cl2FNO/c1-9-6-17(8-12(5-14)18-9)7-10-4-11(16)2-3-13(10)15/h2-4,9,12H,5-8H2,1H3. The summed E-state index contributed by atoms with van der Waals surface area (Å²) in [5.74, 6) is 0.210. The van der Waals surface area contributed by atoms with Gasteiger partial charge >= 0.3 is 0 Å². The third-order valence-electron chi connectivity index (χ3n) is 2.98. The van der Waals surface area contributed by atoms with Crippen molar-refractivity contribution < 1.29 is 9.13 Å². The number of hydrogen-bond acceptors (Lipinski definition) is 2. The molecule has 5 heteroatoms. The van der Waals surface area contributed by atoms with Crippen LogP contribution in [0.2, 0.25) is 5.02 Å². The van der Waals surface area contributed by atoms with Crippen molar-refractivity contribution in [3.63, 3.8) is 0 Å². The first-order valence-electron chi connectivity index (χ1n) is 5.96. The lowest BCUT2D eigenvalue weighted by atomic mass is 10.1. The normalized spacial score (nSPS) is 25.3. The van der Waals surface area contributed by atoms with Crippen molar-refractivity contribution in [1.82, 2.24) is 4.90 Å².